The number of hydrogen-bond acceptors (Lipinski definition) is 5. The van der Waals surface area contributed by atoms with Gasteiger partial charge in [-0.15, -0.1) is 25.6 Å². The zero-order valence-corrected chi connectivity index (χ0v) is 15.7. The molecular weight excluding hydrogens is 389 g/mol. The molecule has 1 aromatic rings. The summed E-state index contributed by atoms with van der Waals surface area (Å²) in [5, 5.41) is 5.87. The molecule has 1 fully saturated rings. The van der Waals surface area contributed by atoms with Gasteiger partial charge in [0.1, 0.15) is 5.75 Å². The van der Waals surface area contributed by atoms with Gasteiger partial charge in [-0.25, -0.2) is 0 Å². The number of nitrogens with one attached hydrogen (secondary N) is 2. The molecule has 1 aliphatic heterocycles. The van der Waals surface area contributed by atoms with Crippen LogP contribution in [0.2, 0.25) is 0 Å². The largest absolute Gasteiger partial charge is 0.573 e. The molecule has 152 valence electrons. The number of esters is 1. The Kier molecular flexibility index (Phi) is 8.36. The van der Waals surface area contributed by atoms with E-state index in [1.807, 2.05) is 0 Å². The molecule has 2 N–H and O–H groups in total. The highest BCUT2D eigenvalue weighted by atomic mass is 35.5. The molecule has 1 aromatic carbocycles. The maximum Gasteiger partial charge on any atom is 0.573 e. The SMILES string of the molecule is COC(=O)CC(NC(=O)C(C)C1CNC1)c1ccc(OC(F)(F)F)cc1.Cl. The van der Waals surface area contributed by atoms with E-state index < -0.39 is 18.4 Å². The summed E-state index contributed by atoms with van der Waals surface area (Å²) in [5.74, 6) is -1.16. The van der Waals surface area contributed by atoms with Crippen molar-refractivity contribution >= 4 is 24.3 Å². The molecule has 0 saturated carbocycles. The number of ether oxygens (including phenoxy) is 2. The number of benzene rings is 1. The van der Waals surface area contributed by atoms with Gasteiger partial charge in [0.05, 0.1) is 19.6 Å². The lowest BCUT2D eigenvalue weighted by atomic mass is 9.88. The lowest BCUT2D eigenvalue weighted by molar-refractivity contribution is -0.274. The van der Waals surface area contributed by atoms with Crippen molar-refractivity contribution in [3.63, 3.8) is 0 Å². The number of carbonyl (C=O) groups excluding carboxylic acids is 2. The van der Waals surface area contributed by atoms with Crippen LogP contribution in [0.25, 0.3) is 0 Å². The Morgan fingerprint density at radius 1 is 1.26 bits per heavy atom. The number of carbonyl (C=O) groups is 2. The van der Waals surface area contributed by atoms with Crippen LogP contribution in [0.1, 0.15) is 24.9 Å². The van der Waals surface area contributed by atoms with Crippen molar-refractivity contribution in [1.82, 2.24) is 10.6 Å². The Morgan fingerprint density at radius 3 is 2.30 bits per heavy atom. The standard InChI is InChI=1S/C17H21F3N2O4.ClH/c1-10(12-8-21-9-12)16(24)22-14(7-15(23)25-2)11-3-5-13(6-4-11)26-17(18,19)20;/h3-6,10,12,14,21H,7-9H2,1-2H3,(H,22,24);1H. The van der Waals surface area contributed by atoms with Crippen LogP contribution < -0.4 is 15.4 Å². The number of methoxy groups -OCH3 is 1. The van der Waals surface area contributed by atoms with Gasteiger partial charge in [-0.1, -0.05) is 19.1 Å². The molecule has 1 heterocycles. The third-order valence-corrected chi connectivity index (χ3v) is 4.36. The van der Waals surface area contributed by atoms with E-state index in [1.165, 1.54) is 19.2 Å². The Morgan fingerprint density at radius 2 is 1.85 bits per heavy atom. The van der Waals surface area contributed by atoms with Gasteiger partial charge in [0.25, 0.3) is 0 Å². The van der Waals surface area contributed by atoms with Crippen LogP contribution in [-0.2, 0) is 14.3 Å². The van der Waals surface area contributed by atoms with Crippen LogP contribution >= 0.6 is 12.4 Å². The van der Waals surface area contributed by atoms with Crippen LogP contribution in [0, 0.1) is 11.8 Å². The van der Waals surface area contributed by atoms with Crippen molar-refractivity contribution in [1.29, 1.82) is 0 Å². The second kappa shape index (κ2) is 9.80. The minimum Gasteiger partial charge on any atom is -0.469 e. The molecule has 10 heteroatoms. The number of halogens is 4. The first-order valence-corrected chi connectivity index (χ1v) is 8.13. The molecule has 2 atom stereocenters. The summed E-state index contributed by atoms with van der Waals surface area (Å²) in [6.07, 6.45) is -4.91. The normalized spacial score (nSPS) is 16.3. The zero-order valence-electron chi connectivity index (χ0n) is 14.8. The molecule has 0 spiro atoms. The summed E-state index contributed by atoms with van der Waals surface area (Å²) in [6.45, 7) is 3.30. The topological polar surface area (TPSA) is 76.7 Å². The minimum atomic E-state index is -4.78. The fourth-order valence-electron chi connectivity index (χ4n) is 2.59. The molecule has 6 nitrogen and oxygen atoms in total. The maximum atomic E-state index is 12.4. The number of hydrogen-bond donors (Lipinski definition) is 2. The molecule has 0 bridgehead atoms. The summed E-state index contributed by atoms with van der Waals surface area (Å²) in [5.41, 5.74) is 0.484. The average molecular weight is 411 g/mol. The summed E-state index contributed by atoms with van der Waals surface area (Å²) in [6, 6.07) is 4.33. The molecule has 2 unspecified atom stereocenters. The molecule has 1 amide bonds. The first kappa shape index (κ1) is 23.0. The molecule has 27 heavy (non-hydrogen) atoms. The summed E-state index contributed by atoms with van der Waals surface area (Å²) in [4.78, 5) is 24.1. The van der Waals surface area contributed by atoms with E-state index >= 15 is 0 Å². The summed E-state index contributed by atoms with van der Waals surface area (Å²) in [7, 11) is 1.23. The van der Waals surface area contributed by atoms with Crippen molar-refractivity contribution in [3.8, 4) is 5.75 Å². The Balaban J connectivity index is 0.00000364. The van der Waals surface area contributed by atoms with Crippen LogP contribution in [0.3, 0.4) is 0 Å². The van der Waals surface area contributed by atoms with Gasteiger partial charge in [0.2, 0.25) is 5.91 Å². The third-order valence-electron chi connectivity index (χ3n) is 4.36. The van der Waals surface area contributed by atoms with Crippen molar-refractivity contribution < 1.29 is 32.2 Å². The molecule has 0 aliphatic carbocycles. The van der Waals surface area contributed by atoms with Gasteiger partial charge in [-0.3, -0.25) is 9.59 Å². The van der Waals surface area contributed by atoms with Gasteiger partial charge >= 0.3 is 12.3 Å². The van der Waals surface area contributed by atoms with Gasteiger partial charge < -0.3 is 20.1 Å². The minimum absolute atomic E-state index is 0. The third kappa shape index (κ3) is 6.91. The van der Waals surface area contributed by atoms with Crippen molar-refractivity contribution in [2.45, 2.75) is 25.7 Å². The quantitative estimate of drug-likeness (QED) is 0.676. The first-order valence-electron chi connectivity index (χ1n) is 8.13. The Hall–Kier alpha value is -2.00. The summed E-state index contributed by atoms with van der Waals surface area (Å²) >= 11 is 0. The van der Waals surface area contributed by atoms with Crippen molar-refractivity contribution in [2.75, 3.05) is 20.2 Å². The van der Waals surface area contributed by atoms with Gasteiger partial charge in [-0.05, 0) is 36.7 Å². The zero-order chi connectivity index (χ0) is 19.3. The van der Waals surface area contributed by atoms with E-state index in [4.69, 9.17) is 0 Å². The second-order valence-electron chi connectivity index (χ2n) is 6.17. The van der Waals surface area contributed by atoms with E-state index in [0.29, 0.717) is 5.56 Å². The van der Waals surface area contributed by atoms with E-state index in [1.54, 1.807) is 6.92 Å². The smallest absolute Gasteiger partial charge is 0.469 e. The fraction of sp³-hybridized carbons (Fsp3) is 0.529. The average Bonchev–Trinajstić information content (AvgIpc) is 2.51. The lowest BCUT2D eigenvalue weighted by Gasteiger charge is -2.32. The van der Waals surface area contributed by atoms with E-state index in [-0.39, 0.29) is 42.3 Å². The fourth-order valence-corrected chi connectivity index (χ4v) is 2.59. The molecule has 0 aromatic heterocycles. The number of alkyl halides is 3. The molecule has 1 saturated heterocycles. The van der Waals surface area contributed by atoms with Crippen LogP contribution in [-0.4, -0.2) is 38.4 Å². The highest BCUT2D eigenvalue weighted by Gasteiger charge is 2.32. The number of amides is 1. The first-order chi connectivity index (χ1) is 12.2. The van der Waals surface area contributed by atoms with E-state index in [0.717, 1.165) is 25.2 Å². The molecule has 1 aliphatic rings. The van der Waals surface area contributed by atoms with Gasteiger partial charge in [0.15, 0.2) is 0 Å². The predicted molar refractivity (Wildman–Crippen MR) is 93.4 cm³/mol. The lowest BCUT2D eigenvalue weighted by Crippen LogP contribution is -2.50. The summed E-state index contributed by atoms with van der Waals surface area (Å²) < 4.78 is 45.2. The Bertz CT molecular complexity index is 636. The highest BCUT2D eigenvalue weighted by molar-refractivity contribution is 5.85. The van der Waals surface area contributed by atoms with Crippen molar-refractivity contribution in [3.05, 3.63) is 29.8 Å². The van der Waals surface area contributed by atoms with Crippen LogP contribution in [0.5, 0.6) is 5.75 Å². The number of rotatable bonds is 7. The predicted octanol–water partition coefficient (Wildman–Crippen LogP) is 2.58. The molecule has 0 radical (unpaired) electrons. The van der Waals surface area contributed by atoms with Gasteiger partial charge in [0, 0.05) is 5.92 Å². The van der Waals surface area contributed by atoms with Gasteiger partial charge in [-0.2, -0.15) is 0 Å². The van der Waals surface area contributed by atoms with Crippen molar-refractivity contribution in [2.24, 2.45) is 11.8 Å². The van der Waals surface area contributed by atoms with E-state index in [9.17, 15) is 22.8 Å². The maximum absolute atomic E-state index is 12.4. The monoisotopic (exact) mass is 410 g/mol. The van der Waals surface area contributed by atoms with Crippen LogP contribution in [0.4, 0.5) is 13.2 Å². The molecular formula is C17H22ClF3N2O4. The van der Waals surface area contributed by atoms with E-state index in [2.05, 4.69) is 20.1 Å². The molecule has 2 rings (SSSR count). The Labute approximate surface area is 161 Å². The second-order valence-corrected chi connectivity index (χ2v) is 6.17. The van der Waals surface area contributed by atoms with Crippen LogP contribution in [0.15, 0.2) is 24.3 Å². The highest BCUT2D eigenvalue weighted by Crippen LogP contribution is 2.26.